The third-order valence-corrected chi connectivity index (χ3v) is 3.30. The van der Waals surface area contributed by atoms with Crippen LogP contribution in [0, 0.1) is 10.1 Å². The minimum absolute atomic E-state index is 0.0746. The Labute approximate surface area is 127 Å². The summed E-state index contributed by atoms with van der Waals surface area (Å²) < 4.78 is 0. The van der Waals surface area contributed by atoms with Gasteiger partial charge in [0, 0.05) is 31.3 Å². The Hall–Kier alpha value is -3.02. The van der Waals surface area contributed by atoms with E-state index in [1.165, 1.54) is 12.1 Å². The number of rotatable bonds is 3. The van der Waals surface area contributed by atoms with Gasteiger partial charge in [-0.15, -0.1) is 0 Å². The lowest BCUT2D eigenvalue weighted by Gasteiger charge is -2.11. The molecule has 0 spiro atoms. The van der Waals surface area contributed by atoms with Gasteiger partial charge in [-0.3, -0.25) is 15.1 Å². The molecule has 0 amide bonds. The van der Waals surface area contributed by atoms with E-state index in [0.717, 1.165) is 30.1 Å². The number of nitro groups is 1. The average Bonchev–Trinajstić information content (AvgIpc) is 3.03. The standard InChI is InChI=1S/C16H14N4O2/c21-20(22)15-8-6-13(7-9-15)12-17-16-10-11-19(18-16)14-4-2-1-3-5-14/h1-9,12H,10-11H2. The van der Waals surface area contributed by atoms with Crippen molar-refractivity contribution in [2.24, 2.45) is 10.1 Å². The first-order chi connectivity index (χ1) is 10.7. The Morgan fingerprint density at radius 1 is 1.14 bits per heavy atom. The van der Waals surface area contributed by atoms with Crippen molar-refractivity contribution < 1.29 is 4.92 Å². The summed E-state index contributed by atoms with van der Waals surface area (Å²) >= 11 is 0. The predicted octanol–water partition coefficient (Wildman–Crippen LogP) is 3.24. The topological polar surface area (TPSA) is 71.1 Å². The number of benzene rings is 2. The van der Waals surface area contributed by atoms with Gasteiger partial charge in [0.05, 0.1) is 10.6 Å². The van der Waals surface area contributed by atoms with Gasteiger partial charge in [-0.25, -0.2) is 4.99 Å². The van der Waals surface area contributed by atoms with E-state index >= 15 is 0 Å². The first-order valence-electron chi connectivity index (χ1n) is 6.91. The van der Waals surface area contributed by atoms with Gasteiger partial charge in [-0.05, 0) is 29.8 Å². The third-order valence-electron chi connectivity index (χ3n) is 3.30. The lowest BCUT2D eigenvalue weighted by molar-refractivity contribution is -0.384. The molecular weight excluding hydrogens is 280 g/mol. The second-order valence-electron chi connectivity index (χ2n) is 4.83. The Morgan fingerprint density at radius 2 is 1.86 bits per heavy atom. The van der Waals surface area contributed by atoms with Crippen molar-refractivity contribution in [2.75, 3.05) is 11.6 Å². The van der Waals surface area contributed by atoms with Crippen LogP contribution >= 0.6 is 0 Å². The summed E-state index contributed by atoms with van der Waals surface area (Å²) in [5.74, 6) is 0.752. The van der Waals surface area contributed by atoms with E-state index in [1.54, 1.807) is 18.3 Å². The average molecular weight is 294 g/mol. The zero-order valence-corrected chi connectivity index (χ0v) is 11.8. The quantitative estimate of drug-likeness (QED) is 0.495. The maximum Gasteiger partial charge on any atom is 0.269 e. The van der Waals surface area contributed by atoms with Gasteiger partial charge in [0.25, 0.3) is 5.69 Å². The molecule has 22 heavy (non-hydrogen) atoms. The van der Waals surface area contributed by atoms with Crippen molar-refractivity contribution in [1.82, 2.24) is 0 Å². The fourth-order valence-corrected chi connectivity index (χ4v) is 2.15. The number of nitrogens with zero attached hydrogens (tertiary/aromatic N) is 4. The van der Waals surface area contributed by atoms with Crippen LogP contribution in [0.3, 0.4) is 0 Å². The molecule has 0 saturated carbocycles. The summed E-state index contributed by atoms with van der Waals surface area (Å²) in [4.78, 5) is 14.5. The van der Waals surface area contributed by atoms with Crippen molar-refractivity contribution in [3.63, 3.8) is 0 Å². The number of anilines is 1. The van der Waals surface area contributed by atoms with E-state index in [9.17, 15) is 10.1 Å². The molecule has 6 heteroatoms. The molecule has 1 heterocycles. The molecule has 0 atom stereocenters. The first-order valence-corrected chi connectivity index (χ1v) is 6.91. The maximum absolute atomic E-state index is 10.6. The van der Waals surface area contributed by atoms with Crippen molar-refractivity contribution >= 4 is 23.4 Å². The first kappa shape index (κ1) is 13.9. The van der Waals surface area contributed by atoms with Crippen LogP contribution < -0.4 is 5.01 Å². The van der Waals surface area contributed by atoms with Gasteiger partial charge in [-0.2, -0.15) is 5.10 Å². The van der Waals surface area contributed by atoms with Crippen LogP contribution in [0.1, 0.15) is 12.0 Å². The Bertz CT molecular complexity index is 724. The van der Waals surface area contributed by atoms with Gasteiger partial charge >= 0.3 is 0 Å². The second-order valence-corrected chi connectivity index (χ2v) is 4.83. The minimum Gasteiger partial charge on any atom is -0.263 e. The van der Waals surface area contributed by atoms with Crippen LogP contribution in [0.2, 0.25) is 0 Å². The molecule has 0 unspecified atom stereocenters. The van der Waals surface area contributed by atoms with Crippen molar-refractivity contribution in [3.8, 4) is 0 Å². The van der Waals surface area contributed by atoms with Crippen molar-refractivity contribution in [2.45, 2.75) is 6.42 Å². The van der Waals surface area contributed by atoms with E-state index in [0.29, 0.717) is 0 Å². The lowest BCUT2D eigenvalue weighted by atomic mass is 10.2. The zero-order chi connectivity index (χ0) is 15.4. The molecule has 110 valence electrons. The van der Waals surface area contributed by atoms with E-state index < -0.39 is 4.92 Å². The molecule has 1 aliphatic heterocycles. The number of nitro benzene ring substituents is 1. The van der Waals surface area contributed by atoms with Crippen LogP contribution in [0.5, 0.6) is 0 Å². The second kappa shape index (κ2) is 6.17. The summed E-state index contributed by atoms with van der Waals surface area (Å²) in [6, 6.07) is 16.2. The Morgan fingerprint density at radius 3 is 2.55 bits per heavy atom. The fourth-order valence-electron chi connectivity index (χ4n) is 2.15. The van der Waals surface area contributed by atoms with Crippen molar-refractivity contribution in [1.29, 1.82) is 0 Å². The summed E-state index contributed by atoms with van der Waals surface area (Å²) in [5.41, 5.74) is 1.93. The molecule has 0 radical (unpaired) electrons. The highest BCUT2D eigenvalue weighted by Gasteiger charge is 2.14. The van der Waals surface area contributed by atoms with Crippen LogP contribution in [-0.2, 0) is 0 Å². The molecule has 1 aliphatic rings. The molecule has 0 N–H and O–H groups in total. The van der Waals surface area contributed by atoms with Crippen LogP contribution in [0.15, 0.2) is 64.7 Å². The summed E-state index contributed by atoms with van der Waals surface area (Å²) in [5, 5.41) is 17.0. The van der Waals surface area contributed by atoms with Gasteiger partial charge in [-0.1, -0.05) is 18.2 Å². The fraction of sp³-hybridized carbons (Fsp3) is 0.125. The van der Waals surface area contributed by atoms with E-state index in [4.69, 9.17) is 0 Å². The Balaban J connectivity index is 1.69. The van der Waals surface area contributed by atoms with E-state index in [2.05, 4.69) is 10.1 Å². The third kappa shape index (κ3) is 3.17. The van der Waals surface area contributed by atoms with Gasteiger partial charge in [0.2, 0.25) is 0 Å². The lowest BCUT2D eigenvalue weighted by Crippen LogP contribution is -2.11. The molecule has 0 bridgehead atoms. The molecular formula is C16H14N4O2. The molecule has 0 saturated heterocycles. The largest absolute Gasteiger partial charge is 0.269 e. The number of para-hydroxylation sites is 1. The number of hydrazone groups is 1. The molecule has 0 aliphatic carbocycles. The number of hydrogen-bond donors (Lipinski definition) is 0. The number of amidine groups is 1. The molecule has 2 aromatic carbocycles. The minimum atomic E-state index is -0.417. The summed E-state index contributed by atoms with van der Waals surface area (Å²) in [7, 11) is 0. The molecule has 6 nitrogen and oxygen atoms in total. The smallest absolute Gasteiger partial charge is 0.263 e. The monoisotopic (exact) mass is 294 g/mol. The number of aliphatic imine (C=N–C) groups is 1. The number of hydrogen-bond acceptors (Lipinski definition) is 5. The molecule has 0 fully saturated rings. The van der Waals surface area contributed by atoms with Crippen molar-refractivity contribution in [3.05, 3.63) is 70.3 Å². The van der Waals surface area contributed by atoms with Gasteiger partial charge in [0.1, 0.15) is 0 Å². The van der Waals surface area contributed by atoms with Gasteiger partial charge < -0.3 is 0 Å². The maximum atomic E-state index is 10.6. The molecule has 2 aromatic rings. The van der Waals surface area contributed by atoms with E-state index in [-0.39, 0.29) is 5.69 Å². The number of non-ortho nitro benzene ring substituents is 1. The molecule has 3 rings (SSSR count). The highest BCUT2D eigenvalue weighted by atomic mass is 16.6. The Kier molecular flexibility index (Phi) is 3.91. The highest BCUT2D eigenvalue weighted by Crippen LogP contribution is 2.19. The van der Waals surface area contributed by atoms with E-state index in [1.807, 2.05) is 35.3 Å². The zero-order valence-electron chi connectivity index (χ0n) is 11.8. The highest BCUT2D eigenvalue weighted by molar-refractivity contribution is 5.96. The summed E-state index contributed by atoms with van der Waals surface area (Å²) in [6.45, 7) is 0.803. The normalized spacial score (nSPS) is 14.4. The van der Waals surface area contributed by atoms with Crippen LogP contribution in [0.4, 0.5) is 11.4 Å². The van der Waals surface area contributed by atoms with Crippen LogP contribution in [-0.4, -0.2) is 23.5 Å². The SMILES string of the molecule is O=[N+]([O-])c1ccc(C=NC2=NN(c3ccccc3)CC2)cc1. The molecule has 0 aromatic heterocycles. The van der Waals surface area contributed by atoms with Crippen LogP contribution in [0.25, 0.3) is 0 Å². The summed E-state index contributed by atoms with van der Waals surface area (Å²) in [6.07, 6.45) is 2.45. The predicted molar refractivity (Wildman–Crippen MR) is 86.5 cm³/mol. The van der Waals surface area contributed by atoms with Gasteiger partial charge in [0.15, 0.2) is 5.84 Å².